The maximum absolute atomic E-state index is 12.3. The first-order chi connectivity index (χ1) is 11.6. The number of rotatable bonds is 4. The predicted molar refractivity (Wildman–Crippen MR) is 98.8 cm³/mol. The van der Waals surface area contributed by atoms with Gasteiger partial charge in [-0.1, -0.05) is 48.9 Å². The summed E-state index contributed by atoms with van der Waals surface area (Å²) in [5.41, 5.74) is 2.17. The Morgan fingerprint density at radius 2 is 2.17 bits per heavy atom. The normalized spacial score (nSPS) is 31.5. The highest BCUT2D eigenvalue weighted by atomic mass is 32.2. The highest BCUT2D eigenvalue weighted by Crippen LogP contribution is 2.59. The van der Waals surface area contributed by atoms with Crippen molar-refractivity contribution in [1.29, 1.82) is 0 Å². The summed E-state index contributed by atoms with van der Waals surface area (Å²) < 4.78 is 11.5. The Morgan fingerprint density at radius 3 is 2.83 bits per heavy atom. The lowest BCUT2D eigenvalue weighted by molar-refractivity contribution is -0.149. The molecular weight excluding hydrogens is 320 g/mol. The van der Waals surface area contributed by atoms with Gasteiger partial charge in [-0.25, -0.2) is 0 Å². The first kappa shape index (κ1) is 17.6. The lowest BCUT2D eigenvalue weighted by Gasteiger charge is -2.49. The summed E-state index contributed by atoms with van der Waals surface area (Å²) in [7, 11) is 0. The van der Waals surface area contributed by atoms with E-state index in [9.17, 15) is 4.79 Å². The monoisotopic (exact) mass is 346 g/mol. The SMILES string of the molecule is CCOC(=O)CC1(C)C(=Cc2ccccc2)CCCC12OCCS2. The molecule has 2 fully saturated rings. The lowest BCUT2D eigenvalue weighted by atomic mass is 9.66. The average Bonchev–Trinajstić information content (AvgIpc) is 3.04. The van der Waals surface area contributed by atoms with Gasteiger partial charge < -0.3 is 9.47 Å². The van der Waals surface area contributed by atoms with E-state index in [1.54, 1.807) is 0 Å². The quantitative estimate of drug-likeness (QED) is 0.742. The van der Waals surface area contributed by atoms with Crippen LogP contribution < -0.4 is 0 Å². The summed E-state index contributed by atoms with van der Waals surface area (Å²) >= 11 is 1.88. The molecule has 0 N–H and O–H groups in total. The van der Waals surface area contributed by atoms with Crippen molar-refractivity contribution in [3.05, 3.63) is 41.5 Å². The second-order valence-electron chi connectivity index (χ2n) is 6.70. The Labute approximate surface area is 148 Å². The van der Waals surface area contributed by atoms with Crippen LogP contribution in [-0.2, 0) is 14.3 Å². The van der Waals surface area contributed by atoms with Crippen LogP contribution in [0, 0.1) is 5.41 Å². The van der Waals surface area contributed by atoms with Crippen LogP contribution in [0.4, 0.5) is 0 Å². The molecule has 3 rings (SSSR count). The maximum Gasteiger partial charge on any atom is 0.306 e. The van der Waals surface area contributed by atoms with Crippen molar-refractivity contribution < 1.29 is 14.3 Å². The van der Waals surface area contributed by atoms with Crippen LogP contribution in [0.1, 0.15) is 45.1 Å². The lowest BCUT2D eigenvalue weighted by Crippen LogP contribution is -2.49. The summed E-state index contributed by atoms with van der Waals surface area (Å²) in [5.74, 6) is 0.869. The van der Waals surface area contributed by atoms with E-state index in [0.29, 0.717) is 13.0 Å². The number of esters is 1. The molecule has 1 aliphatic carbocycles. The third kappa shape index (κ3) is 3.27. The van der Waals surface area contributed by atoms with E-state index in [4.69, 9.17) is 9.47 Å². The molecule has 1 spiro atoms. The fourth-order valence-electron chi connectivity index (χ4n) is 3.96. The molecule has 130 valence electrons. The van der Waals surface area contributed by atoms with Crippen LogP contribution in [0.15, 0.2) is 35.9 Å². The van der Waals surface area contributed by atoms with Gasteiger partial charge >= 0.3 is 5.97 Å². The van der Waals surface area contributed by atoms with Gasteiger partial charge in [0.1, 0.15) is 4.93 Å². The maximum atomic E-state index is 12.3. The molecule has 4 heteroatoms. The van der Waals surface area contributed by atoms with E-state index < -0.39 is 0 Å². The molecule has 1 saturated carbocycles. The number of ether oxygens (including phenoxy) is 2. The molecule has 0 amide bonds. The number of benzene rings is 1. The number of hydrogen-bond acceptors (Lipinski definition) is 4. The van der Waals surface area contributed by atoms with Crippen molar-refractivity contribution in [3.63, 3.8) is 0 Å². The average molecular weight is 346 g/mol. The van der Waals surface area contributed by atoms with E-state index in [0.717, 1.165) is 31.6 Å². The molecule has 0 bridgehead atoms. The van der Waals surface area contributed by atoms with Crippen LogP contribution in [0.25, 0.3) is 6.08 Å². The third-order valence-corrected chi connectivity index (χ3v) is 6.81. The van der Waals surface area contributed by atoms with Crippen LogP contribution in [0.2, 0.25) is 0 Å². The largest absolute Gasteiger partial charge is 0.466 e. The minimum absolute atomic E-state index is 0.128. The summed E-state index contributed by atoms with van der Waals surface area (Å²) in [4.78, 5) is 12.0. The summed E-state index contributed by atoms with van der Waals surface area (Å²) in [6.45, 7) is 5.24. The Morgan fingerprint density at radius 1 is 1.38 bits per heavy atom. The van der Waals surface area contributed by atoms with E-state index >= 15 is 0 Å². The molecule has 2 aliphatic rings. The Bertz CT molecular complexity index is 605. The molecule has 1 aromatic carbocycles. The van der Waals surface area contributed by atoms with E-state index in [1.807, 2.05) is 24.8 Å². The van der Waals surface area contributed by atoms with Crippen LogP contribution in [0.3, 0.4) is 0 Å². The Hall–Kier alpha value is -1.26. The summed E-state index contributed by atoms with van der Waals surface area (Å²) in [6.07, 6.45) is 5.75. The van der Waals surface area contributed by atoms with E-state index in [-0.39, 0.29) is 16.3 Å². The molecule has 24 heavy (non-hydrogen) atoms. The highest BCUT2D eigenvalue weighted by Gasteiger charge is 2.56. The van der Waals surface area contributed by atoms with Gasteiger partial charge in [-0.3, -0.25) is 4.79 Å². The second-order valence-corrected chi connectivity index (χ2v) is 8.05. The number of thioether (sulfide) groups is 1. The number of hydrogen-bond donors (Lipinski definition) is 0. The zero-order valence-corrected chi connectivity index (χ0v) is 15.4. The standard InChI is InChI=1S/C20H26O3S/c1-3-22-18(21)15-19(2)17(14-16-8-5-4-6-9-16)10-7-11-20(19)23-12-13-24-20/h4-6,8-9,14H,3,7,10-13,15H2,1-2H3. The van der Waals surface area contributed by atoms with Gasteiger partial charge in [0.25, 0.3) is 0 Å². The topological polar surface area (TPSA) is 35.5 Å². The fraction of sp³-hybridized carbons (Fsp3) is 0.550. The van der Waals surface area contributed by atoms with Gasteiger partial charge in [0.05, 0.1) is 19.6 Å². The minimum Gasteiger partial charge on any atom is -0.466 e. The molecule has 0 aromatic heterocycles. The van der Waals surface area contributed by atoms with Gasteiger partial charge in [0.15, 0.2) is 0 Å². The first-order valence-electron chi connectivity index (χ1n) is 8.79. The van der Waals surface area contributed by atoms with Gasteiger partial charge in [-0.05, 0) is 31.7 Å². The summed E-state index contributed by atoms with van der Waals surface area (Å²) in [5, 5.41) is 0. The van der Waals surface area contributed by atoms with Crippen molar-refractivity contribution in [3.8, 4) is 0 Å². The summed E-state index contributed by atoms with van der Waals surface area (Å²) in [6, 6.07) is 10.4. The highest BCUT2D eigenvalue weighted by molar-refractivity contribution is 8.00. The molecule has 3 nitrogen and oxygen atoms in total. The zero-order valence-electron chi connectivity index (χ0n) is 14.5. The van der Waals surface area contributed by atoms with Crippen molar-refractivity contribution >= 4 is 23.8 Å². The molecule has 1 aromatic rings. The Balaban J connectivity index is 1.99. The molecule has 0 radical (unpaired) electrons. The van der Waals surface area contributed by atoms with Crippen molar-refractivity contribution in [2.24, 2.45) is 5.41 Å². The van der Waals surface area contributed by atoms with Gasteiger partial charge in [0, 0.05) is 11.2 Å². The van der Waals surface area contributed by atoms with Gasteiger partial charge in [0.2, 0.25) is 0 Å². The van der Waals surface area contributed by atoms with Gasteiger partial charge in [-0.2, -0.15) is 0 Å². The second kappa shape index (κ2) is 7.32. The van der Waals surface area contributed by atoms with Crippen molar-refractivity contribution in [1.82, 2.24) is 0 Å². The van der Waals surface area contributed by atoms with Crippen LogP contribution in [0.5, 0.6) is 0 Å². The zero-order chi connectivity index (χ0) is 17.0. The van der Waals surface area contributed by atoms with E-state index in [2.05, 4.69) is 37.3 Å². The number of carbonyl (C=O) groups is 1. The van der Waals surface area contributed by atoms with Crippen molar-refractivity contribution in [2.75, 3.05) is 19.0 Å². The first-order valence-corrected chi connectivity index (χ1v) is 9.78. The van der Waals surface area contributed by atoms with E-state index in [1.165, 1.54) is 11.1 Å². The van der Waals surface area contributed by atoms with Crippen LogP contribution >= 0.6 is 11.8 Å². The fourth-order valence-corrected chi connectivity index (χ4v) is 5.43. The molecule has 2 unspecified atom stereocenters. The van der Waals surface area contributed by atoms with Gasteiger partial charge in [-0.15, -0.1) is 11.8 Å². The molecule has 1 aliphatic heterocycles. The predicted octanol–water partition coefficient (Wildman–Crippen LogP) is 4.67. The minimum atomic E-state index is -0.325. The molecular formula is C20H26O3S. The molecule has 2 atom stereocenters. The molecule has 1 heterocycles. The third-order valence-electron chi connectivity index (χ3n) is 5.20. The van der Waals surface area contributed by atoms with Crippen molar-refractivity contribution in [2.45, 2.75) is 44.5 Å². The number of carbonyl (C=O) groups excluding carboxylic acids is 1. The van der Waals surface area contributed by atoms with Crippen LogP contribution in [-0.4, -0.2) is 29.9 Å². The molecule has 1 saturated heterocycles. The Kier molecular flexibility index (Phi) is 5.36. The smallest absolute Gasteiger partial charge is 0.306 e.